The number of phenols is 1. The summed E-state index contributed by atoms with van der Waals surface area (Å²) in [5.41, 5.74) is 1.01. The summed E-state index contributed by atoms with van der Waals surface area (Å²) in [5, 5.41) is 9.74. The maximum absolute atomic E-state index is 9.15. The first-order valence-electron chi connectivity index (χ1n) is 4.17. The molecule has 58 valence electrons. The molecule has 2 heteroatoms. The molecular weight excluding hydrogens is 160 g/mol. The smallest absolute Gasteiger partial charge is 0.117 e. The van der Waals surface area contributed by atoms with Crippen molar-refractivity contribution < 1.29 is 6.48 Å². The molecular formula is C9H9ClO. The molecule has 11 heavy (non-hydrogen) atoms. The van der Waals surface area contributed by atoms with E-state index in [9.17, 15) is 0 Å². The Hall–Kier alpha value is -0.690. The summed E-state index contributed by atoms with van der Waals surface area (Å²) in [5.74, 6) is 0.492. The number of hydrogen-bond donors (Lipinski definition) is 1. The van der Waals surface area contributed by atoms with Crippen LogP contribution in [0.15, 0.2) is 18.2 Å². The van der Waals surface area contributed by atoms with E-state index in [1.54, 1.807) is 6.07 Å². The van der Waals surface area contributed by atoms with E-state index in [-0.39, 0.29) is 11.8 Å². The van der Waals surface area contributed by atoms with Gasteiger partial charge in [-0.15, -0.1) is 0 Å². The van der Waals surface area contributed by atoms with Gasteiger partial charge in [0.1, 0.15) is 5.75 Å². The van der Waals surface area contributed by atoms with Crippen molar-refractivity contribution in [1.29, 1.82) is 0 Å². The molecule has 1 aromatic rings. The van der Waals surface area contributed by atoms with Crippen molar-refractivity contribution in [3.63, 3.8) is 0 Å². The van der Waals surface area contributed by atoms with Crippen LogP contribution in [0.2, 0.25) is 5.02 Å². The van der Waals surface area contributed by atoms with E-state index < -0.39 is 0 Å². The minimum absolute atomic E-state index is 0.0376. The Morgan fingerprint density at radius 1 is 1.64 bits per heavy atom. The fourth-order valence-corrected chi connectivity index (χ4v) is 1.49. The molecule has 1 saturated carbocycles. The molecule has 0 heterocycles. The third-order valence-electron chi connectivity index (χ3n) is 1.93. The van der Waals surface area contributed by atoms with E-state index in [0.717, 1.165) is 18.4 Å². The number of benzene rings is 1. The highest BCUT2D eigenvalue weighted by atomic mass is 35.5. The molecule has 0 unspecified atom stereocenters. The molecule has 1 aliphatic carbocycles. The third-order valence-corrected chi connectivity index (χ3v) is 2.26. The second kappa shape index (κ2) is 2.42. The quantitative estimate of drug-likeness (QED) is 0.686. The lowest BCUT2D eigenvalue weighted by Gasteiger charge is -2.00. The van der Waals surface area contributed by atoms with Gasteiger partial charge in [-0.1, -0.05) is 17.7 Å². The van der Waals surface area contributed by atoms with Gasteiger partial charge in [-0.2, -0.15) is 0 Å². The van der Waals surface area contributed by atoms with Crippen molar-refractivity contribution >= 4 is 11.6 Å². The Labute approximate surface area is 72.0 Å². The zero-order valence-electron chi connectivity index (χ0n) is 6.97. The summed E-state index contributed by atoms with van der Waals surface area (Å²) >= 11 is 5.89. The molecule has 0 spiro atoms. The van der Waals surface area contributed by atoms with Crippen LogP contribution in [0.3, 0.4) is 0 Å². The highest BCUT2D eigenvalue weighted by Gasteiger charge is 2.25. The van der Waals surface area contributed by atoms with Crippen LogP contribution in [0.5, 0.6) is 5.75 Å². The molecule has 0 bridgehead atoms. The second-order valence-electron chi connectivity index (χ2n) is 2.90. The monoisotopic (exact) mass is 169 g/mol. The molecule has 0 aliphatic heterocycles. The molecule has 0 amide bonds. The van der Waals surface area contributed by atoms with Crippen molar-refractivity contribution in [3.8, 4) is 5.75 Å². The zero-order valence-corrected chi connectivity index (χ0v) is 6.73. The summed E-state index contributed by atoms with van der Waals surface area (Å²) in [6.07, 6.45) is 2.31. The summed E-state index contributed by atoms with van der Waals surface area (Å²) in [4.78, 5) is 0. The lowest BCUT2D eigenvalue weighted by Crippen LogP contribution is -1.79. The third kappa shape index (κ3) is 1.33. The van der Waals surface area contributed by atoms with Crippen molar-refractivity contribution in [2.75, 3.05) is 0 Å². The van der Waals surface area contributed by atoms with Gasteiger partial charge >= 0.3 is 0 Å². The average molecular weight is 170 g/mol. The van der Waals surface area contributed by atoms with Crippen LogP contribution < -0.4 is 0 Å². The number of rotatable bonds is 1. The van der Waals surface area contributed by atoms with Crippen molar-refractivity contribution in [3.05, 3.63) is 28.8 Å². The molecule has 0 saturated heterocycles. The Balaban J connectivity index is 2.47. The van der Waals surface area contributed by atoms with E-state index in [1.165, 1.54) is 6.07 Å². The van der Waals surface area contributed by atoms with Gasteiger partial charge in [0.15, 0.2) is 0 Å². The highest BCUT2D eigenvalue weighted by molar-refractivity contribution is 6.31. The van der Waals surface area contributed by atoms with Crippen molar-refractivity contribution in [1.82, 2.24) is 0 Å². The molecule has 1 fully saturated rings. The van der Waals surface area contributed by atoms with Crippen LogP contribution in [-0.2, 0) is 0 Å². The van der Waals surface area contributed by atoms with Gasteiger partial charge in [0.25, 0.3) is 0 Å². The molecule has 2 rings (SSSR count). The second-order valence-corrected chi connectivity index (χ2v) is 3.30. The van der Waals surface area contributed by atoms with E-state index in [4.69, 9.17) is 18.1 Å². The van der Waals surface area contributed by atoms with Gasteiger partial charge in [-0.3, -0.25) is 0 Å². The predicted octanol–water partition coefficient (Wildman–Crippen LogP) is 2.92. The minimum atomic E-state index is -0.0376. The standard InChI is InChI=1S/C9H9ClO/c10-9-5-7(11)3-4-8(9)6-1-2-6/h3-6,11H,1-2H2/i3D. The predicted molar refractivity (Wildman–Crippen MR) is 45.1 cm³/mol. The van der Waals surface area contributed by atoms with E-state index in [2.05, 4.69) is 0 Å². The fourth-order valence-electron chi connectivity index (χ4n) is 1.17. The maximum atomic E-state index is 9.15. The zero-order chi connectivity index (χ0) is 8.72. The van der Waals surface area contributed by atoms with E-state index >= 15 is 0 Å². The average Bonchev–Trinajstić information content (AvgIpc) is 2.79. The van der Waals surface area contributed by atoms with Crippen LogP contribution >= 0.6 is 11.6 Å². The van der Waals surface area contributed by atoms with Gasteiger partial charge in [0.05, 0.1) is 1.37 Å². The van der Waals surface area contributed by atoms with Crippen LogP contribution in [0.1, 0.15) is 25.7 Å². The number of aromatic hydroxyl groups is 1. The van der Waals surface area contributed by atoms with Crippen LogP contribution in [0.25, 0.3) is 0 Å². The Morgan fingerprint density at radius 3 is 3.00 bits per heavy atom. The summed E-state index contributed by atoms with van der Waals surface area (Å²) in [6, 6.07) is 3.29. The van der Waals surface area contributed by atoms with E-state index in [0.29, 0.717) is 10.9 Å². The van der Waals surface area contributed by atoms with Gasteiger partial charge in [0, 0.05) is 5.02 Å². The first-order chi connectivity index (χ1) is 5.68. The molecule has 1 nitrogen and oxygen atoms in total. The number of phenolic OH excluding ortho intramolecular Hbond substituents is 1. The van der Waals surface area contributed by atoms with Crippen LogP contribution in [0, 0.1) is 0 Å². The van der Waals surface area contributed by atoms with Gasteiger partial charge in [-0.25, -0.2) is 0 Å². The molecule has 1 N–H and O–H groups in total. The van der Waals surface area contributed by atoms with Crippen LogP contribution in [0.4, 0.5) is 0 Å². The minimum Gasteiger partial charge on any atom is -0.508 e. The van der Waals surface area contributed by atoms with Crippen LogP contribution in [-0.4, -0.2) is 5.11 Å². The maximum Gasteiger partial charge on any atom is 0.117 e. The summed E-state index contributed by atoms with van der Waals surface area (Å²) in [7, 11) is 0. The Bertz CT molecular complexity index is 321. The number of halogens is 1. The summed E-state index contributed by atoms with van der Waals surface area (Å²) in [6.45, 7) is 0. The largest absolute Gasteiger partial charge is 0.508 e. The SMILES string of the molecule is [2H]c1cc(C2CC2)c(Cl)cc1O. The molecule has 1 aromatic carbocycles. The van der Waals surface area contributed by atoms with Gasteiger partial charge < -0.3 is 5.11 Å². The molecule has 0 atom stereocenters. The summed E-state index contributed by atoms with van der Waals surface area (Å²) < 4.78 is 7.37. The number of hydrogen-bond acceptors (Lipinski definition) is 1. The van der Waals surface area contributed by atoms with Gasteiger partial charge in [0.2, 0.25) is 0 Å². The first kappa shape index (κ1) is 5.90. The lowest BCUT2D eigenvalue weighted by atomic mass is 10.1. The Morgan fingerprint density at radius 2 is 2.36 bits per heavy atom. The first-order valence-corrected chi connectivity index (χ1v) is 4.05. The molecule has 0 aromatic heterocycles. The Kier molecular flexibility index (Phi) is 1.30. The lowest BCUT2D eigenvalue weighted by molar-refractivity contribution is 0.475. The fraction of sp³-hybridized carbons (Fsp3) is 0.333. The molecule has 0 radical (unpaired) electrons. The topological polar surface area (TPSA) is 20.2 Å². The van der Waals surface area contributed by atoms with Gasteiger partial charge in [-0.05, 0) is 36.4 Å². The van der Waals surface area contributed by atoms with E-state index in [1.807, 2.05) is 0 Å². The normalized spacial score (nSPS) is 18.1. The van der Waals surface area contributed by atoms with Crippen molar-refractivity contribution in [2.24, 2.45) is 0 Å². The highest BCUT2D eigenvalue weighted by Crippen LogP contribution is 2.43. The van der Waals surface area contributed by atoms with Crippen molar-refractivity contribution in [2.45, 2.75) is 18.8 Å². The molecule has 1 aliphatic rings.